The third-order valence-electron chi connectivity index (χ3n) is 3.68. The van der Waals surface area contributed by atoms with Crippen molar-refractivity contribution in [2.75, 3.05) is 13.1 Å². The molecule has 0 bridgehead atoms. The van der Waals surface area contributed by atoms with Gasteiger partial charge in [0.05, 0.1) is 0 Å². The van der Waals surface area contributed by atoms with E-state index in [1.165, 1.54) is 50.8 Å². The summed E-state index contributed by atoms with van der Waals surface area (Å²) < 4.78 is 0. The smallest absolute Gasteiger partial charge is 0.104 e. The Morgan fingerprint density at radius 3 is 2.37 bits per heavy atom. The molecule has 2 N–H and O–H groups in total. The van der Waals surface area contributed by atoms with Crippen LogP contribution in [0, 0.1) is 0 Å². The van der Waals surface area contributed by atoms with Crippen molar-refractivity contribution < 1.29 is 0 Å². The van der Waals surface area contributed by atoms with Gasteiger partial charge in [0.25, 0.3) is 0 Å². The van der Waals surface area contributed by atoms with Gasteiger partial charge in [0.15, 0.2) is 0 Å². The molecule has 0 saturated carbocycles. The summed E-state index contributed by atoms with van der Waals surface area (Å²) in [6, 6.07) is 5.90. The average Bonchev–Trinajstić information content (AvgIpc) is 2.34. The first-order valence-corrected chi connectivity index (χ1v) is 7.76. The largest absolute Gasteiger partial charge is 0.389 e. The lowest BCUT2D eigenvalue weighted by Gasteiger charge is -2.25. The van der Waals surface area contributed by atoms with Gasteiger partial charge in [0.2, 0.25) is 0 Å². The first-order valence-electron chi connectivity index (χ1n) is 6.97. The summed E-state index contributed by atoms with van der Waals surface area (Å²) in [5.41, 5.74) is 7.63. The van der Waals surface area contributed by atoms with E-state index < -0.39 is 0 Å². The number of hydrogen-bond donors (Lipinski definition) is 1. The molecule has 1 fully saturated rings. The predicted octanol–water partition coefficient (Wildman–Crippen LogP) is 3.74. The van der Waals surface area contributed by atoms with Crippen molar-refractivity contribution >= 4 is 28.8 Å². The molecule has 1 saturated heterocycles. The molecular weight excluding hydrogens is 276 g/mol. The van der Waals surface area contributed by atoms with Crippen LogP contribution in [0.15, 0.2) is 18.2 Å². The highest BCUT2D eigenvalue weighted by molar-refractivity contribution is 7.80. The molecule has 0 atom stereocenters. The zero-order valence-electron chi connectivity index (χ0n) is 11.2. The number of thiocarbonyl (C=S) groups is 1. The first kappa shape index (κ1) is 14.8. The van der Waals surface area contributed by atoms with Gasteiger partial charge >= 0.3 is 0 Å². The summed E-state index contributed by atoms with van der Waals surface area (Å²) in [6.45, 7) is 3.28. The second kappa shape index (κ2) is 7.22. The summed E-state index contributed by atoms with van der Waals surface area (Å²) in [4.78, 5) is 2.90. The molecule has 0 aliphatic carbocycles. The molecule has 19 heavy (non-hydrogen) atoms. The van der Waals surface area contributed by atoms with Gasteiger partial charge in [-0.05, 0) is 37.6 Å². The molecule has 0 amide bonds. The van der Waals surface area contributed by atoms with E-state index in [1.807, 2.05) is 12.1 Å². The van der Waals surface area contributed by atoms with Gasteiger partial charge in [-0.3, -0.25) is 4.90 Å². The van der Waals surface area contributed by atoms with Crippen molar-refractivity contribution in [2.45, 2.75) is 38.6 Å². The summed E-state index contributed by atoms with van der Waals surface area (Å²) >= 11 is 11.3. The Balaban J connectivity index is 2.03. The van der Waals surface area contributed by atoms with Crippen molar-refractivity contribution in [3.63, 3.8) is 0 Å². The molecule has 1 aromatic rings. The summed E-state index contributed by atoms with van der Waals surface area (Å²) in [5.74, 6) is 0. The number of nitrogens with zero attached hydrogens (tertiary/aromatic N) is 1. The molecule has 0 aromatic heterocycles. The van der Waals surface area contributed by atoms with E-state index in [1.54, 1.807) is 0 Å². The Hall–Kier alpha value is -0.640. The van der Waals surface area contributed by atoms with E-state index in [2.05, 4.69) is 11.0 Å². The minimum atomic E-state index is 0.403. The van der Waals surface area contributed by atoms with E-state index in [0.29, 0.717) is 4.99 Å². The van der Waals surface area contributed by atoms with Crippen LogP contribution in [0.3, 0.4) is 0 Å². The van der Waals surface area contributed by atoms with Crippen molar-refractivity contribution in [3.8, 4) is 0 Å². The molecule has 0 unspecified atom stereocenters. The molecule has 104 valence electrons. The summed E-state index contributed by atoms with van der Waals surface area (Å²) in [7, 11) is 0. The van der Waals surface area contributed by atoms with Crippen LogP contribution < -0.4 is 5.73 Å². The van der Waals surface area contributed by atoms with Crippen molar-refractivity contribution in [3.05, 3.63) is 34.3 Å². The zero-order chi connectivity index (χ0) is 13.7. The SMILES string of the molecule is NC(=S)c1ccc(CN2CCCCCCC2)c(Cl)c1. The lowest BCUT2D eigenvalue weighted by Crippen LogP contribution is -2.27. The molecule has 0 spiro atoms. The predicted molar refractivity (Wildman–Crippen MR) is 85.7 cm³/mol. The van der Waals surface area contributed by atoms with Gasteiger partial charge in [0.1, 0.15) is 4.99 Å². The molecule has 1 heterocycles. The van der Waals surface area contributed by atoms with E-state index in [9.17, 15) is 0 Å². The van der Waals surface area contributed by atoms with Crippen LogP contribution in [0.2, 0.25) is 5.02 Å². The maximum Gasteiger partial charge on any atom is 0.104 e. The normalized spacial score (nSPS) is 17.7. The third kappa shape index (κ3) is 4.44. The number of rotatable bonds is 3. The van der Waals surface area contributed by atoms with Gasteiger partial charge < -0.3 is 5.73 Å². The van der Waals surface area contributed by atoms with Crippen molar-refractivity contribution in [2.24, 2.45) is 5.73 Å². The highest BCUT2D eigenvalue weighted by Gasteiger charge is 2.11. The van der Waals surface area contributed by atoms with Gasteiger partial charge in [-0.25, -0.2) is 0 Å². The fourth-order valence-corrected chi connectivity index (χ4v) is 2.91. The maximum atomic E-state index is 6.32. The lowest BCUT2D eigenvalue weighted by atomic mass is 10.1. The van der Waals surface area contributed by atoms with Gasteiger partial charge in [0, 0.05) is 17.1 Å². The standard InChI is InChI=1S/C15H21ClN2S/c16-14-10-12(15(17)19)6-7-13(14)11-18-8-4-2-1-3-5-9-18/h6-7,10H,1-5,8-9,11H2,(H2,17,19). The fraction of sp³-hybridized carbons (Fsp3) is 0.533. The number of likely N-dealkylation sites (tertiary alicyclic amines) is 1. The molecule has 1 aliphatic heterocycles. The van der Waals surface area contributed by atoms with Crippen LogP contribution in [0.5, 0.6) is 0 Å². The molecule has 4 heteroatoms. The minimum Gasteiger partial charge on any atom is -0.389 e. The first-order chi connectivity index (χ1) is 9.16. The van der Waals surface area contributed by atoms with Crippen molar-refractivity contribution in [1.82, 2.24) is 4.90 Å². The van der Waals surface area contributed by atoms with E-state index in [0.717, 1.165) is 17.1 Å². The van der Waals surface area contributed by atoms with Crippen LogP contribution in [-0.2, 0) is 6.54 Å². The quantitative estimate of drug-likeness (QED) is 0.862. The monoisotopic (exact) mass is 296 g/mol. The molecule has 0 radical (unpaired) electrons. The average molecular weight is 297 g/mol. The van der Waals surface area contributed by atoms with E-state index in [4.69, 9.17) is 29.6 Å². The Morgan fingerprint density at radius 2 is 1.79 bits per heavy atom. The summed E-state index contributed by atoms with van der Waals surface area (Å²) in [5, 5.41) is 0.771. The zero-order valence-corrected chi connectivity index (χ0v) is 12.8. The Bertz CT molecular complexity index is 440. The van der Waals surface area contributed by atoms with E-state index >= 15 is 0 Å². The second-order valence-corrected chi connectivity index (χ2v) is 6.06. The van der Waals surface area contributed by atoms with Crippen LogP contribution in [0.4, 0.5) is 0 Å². The van der Waals surface area contributed by atoms with Crippen LogP contribution in [0.1, 0.15) is 43.2 Å². The Labute approximate surface area is 125 Å². The molecular formula is C15H21ClN2S. The Kier molecular flexibility index (Phi) is 5.61. The molecule has 2 rings (SSSR count). The number of halogens is 1. The summed E-state index contributed by atoms with van der Waals surface area (Å²) in [6.07, 6.45) is 6.68. The third-order valence-corrected chi connectivity index (χ3v) is 4.27. The lowest BCUT2D eigenvalue weighted by molar-refractivity contribution is 0.240. The van der Waals surface area contributed by atoms with Crippen LogP contribution in [-0.4, -0.2) is 23.0 Å². The Morgan fingerprint density at radius 1 is 1.16 bits per heavy atom. The number of benzene rings is 1. The minimum absolute atomic E-state index is 0.403. The van der Waals surface area contributed by atoms with E-state index in [-0.39, 0.29) is 0 Å². The second-order valence-electron chi connectivity index (χ2n) is 5.21. The number of nitrogens with two attached hydrogens (primary N) is 1. The molecule has 1 aromatic carbocycles. The fourth-order valence-electron chi connectivity index (χ4n) is 2.54. The highest BCUT2D eigenvalue weighted by Crippen LogP contribution is 2.21. The highest BCUT2D eigenvalue weighted by atomic mass is 35.5. The maximum absolute atomic E-state index is 6.32. The van der Waals surface area contributed by atoms with Crippen LogP contribution in [0.25, 0.3) is 0 Å². The van der Waals surface area contributed by atoms with Crippen LogP contribution >= 0.6 is 23.8 Å². The number of hydrogen-bond acceptors (Lipinski definition) is 2. The van der Waals surface area contributed by atoms with Crippen molar-refractivity contribution in [1.29, 1.82) is 0 Å². The molecule has 2 nitrogen and oxygen atoms in total. The van der Waals surface area contributed by atoms with Gasteiger partial charge in [-0.2, -0.15) is 0 Å². The van der Waals surface area contributed by atoms with Gasteiger partial charge in [-0.1, -0.05) is 55.2 Å². The topological polar surface area (TPSA) is 29.3 Å². The van der Waals surface area contributed by atoms with Gasteiger partial charge in [-0.15, -0.1) is 0 Å². The molecule has 1 aliphatic rings.